The summed E-state index contributed by atoms with van der Waals surface area (Å²) < 4.78 is 23.0. The molecule has 0 saturated heterocycles. The lowest BCUT2D eigenvalue weighted by molar-refractivity contribution is -0.123. The second kappa shape index (κ2) is 8.26. The van der Waals surface area contributed by atoms with Gasteiger partial charge in [-0.15, -0.1) is 0 Å². The predicted molar refractivity (Wildman–Crippen MR) is 108 cm³/mol. The van der Waals surface area contributed by atoms with Crippen LogP contribution in [0.25, 0.3) is 0 Å². The molecule has 0 aliphatic carbocycles. The molecule has 29 heavy (non-hydrogen) atoms. The topological polar surface area (TPSA) is 113 Å². The maximum absolute atomic E-state index is 12.4. The van der Waals surface area contributed by atoms with Gasteiger partial charge < -0.3 is 15.7 Å². The molecule has 3 N–H and O–H groups in total. The van der Waals surface area contributed by atoms with E-state index in [0.29, 0.717) is 17.0 Å². The first-order valence-corrected chi connectivity index (χ1v) is 11.0. The number of aliphatic hydroxyl groups is 1. The number of carbonyl (C=O) groups is 2. The zero-order valence-corrected chi connectivity index (χ0v) is 17.0. The second-order valence-corrected chi connectivity index (χ2v) is 9.17. The van der Waals surface area contributed by atoms with Crippen LogP contribution < -0.4 is 10.6 Å². The summed E-state index contributed by atoms with van der Waals surface area (Å²) in [7, 11) is -3.30. The van der Waals surface area contributed by atoms with Gasteiger partial charge in [0.1, 0.15) is 11.3 Å². The number of rotatable bonds is 6. The largest absolute Gasteiger partial charge is 0.509 e. The molecule has 2 aromatic rings. The lowest BCUT2D eigenvalue weighted by Crippen LogP contribution is -2.33. The normalized spacial score (nSPS) is 16.6. The summed E-state index contributed by atoms with van der Waals surface area (Å²) >= 11 is 5.85. The van der Waals surface area contributed by atoms with Gasteiger partial charge in [0, 0.05) is 17.8 Å². The van der Waals surface area contributed by atoms with Gasteiger partial charge in [-0.1, -0.05) is 35.9 Å². The first-order valence-electron chi connectivity index (χ1n) is 8.71. The van der Waals surface area contributed by atoms with Crippen molar-refractivity contribution in [3.63, 3.8) is 0 Å². The highest BCUT2D eigenvalue weighted by Crippen LogP contribution is 2.20. The summed E-state index contributed by atoms with van der Waals surface area (Å²) in [5.74, 6) is -1.66. The fourth-order valence-corrected chi connectivity index (χ4v) is 3.69. The van der Waals surface area contributed by atoms with Crippen molar-refractivity contribution in [1.82, 2.24) is 10.6 Å². The summed E-state index contributed by atoms with van der Waals surface area (Å²) in [6.07, 6.45) is 1.43. The second-order valence-electron chi connectivity index (χ2n) is 6.72. The molecule has 2 amide bonds. The molecule has 0 spiro atoms. The lowest BCUT2D eigenvalue weighted by Gasteiger charge is -2.11. The van der Waals surface area contributed by atoms with Gasteiger partial charge in [0.15, 0.2) is 9.84 Å². The molecule has 1 heterocycles. The smallest absolute Gasteiger partial charge is 0.261 e. The van der Waals surface area contributed by atoms with Crippen LogP contribution in [0, 0.1) is 0 Å². The summed E-state index contributed by atoms with van der Waals surface area (Å²) in [6, 6.07) is 12.3. The lowest BCUT2D eigenvalue weighted by atomic mass is 10.0. The van der Waals surface area contributed by atoms with Crippen LogP contribution in [0.2, 0.25) is 5.02 Å². The third-order valence-corrected chi connectivity index (χ3v) is 5.88. The fraction of sp³-hybridized carbons (Fsp3) is 0.200. The molecule has 0 fully saturated rings. The van der Waals surface area contributed by atoms with Gasteiger partial charge in [-0.25, -0.2) is 8.42 Å². The molecule has 9 heteroatoms. The molecule has 0 saturated carbocycles. The van der Waals surface area contributed by atoms with E-state index in [9.17, 15) is 23.1 Å². The van der Waals surface area contributed by atoms with Gasteiger partial charge >= 0.3 is 0 Å². The molecule has 0 bridgehead atoms. The van der Waals surface area contributed by atoms with Crippen LogP contribution in [0.1, 0.15) is 11.1 Å². The number of benzene rings is 2. The Labute approximate surface area is 173 Å². The highest BCUT2D eigenvalue weighted by molar-refractivity contribution is 7.90. The Balaban J connectivity index is 1.66. The highest BCUT2D eigenvalue weighted by atomic mass is 35.5. The highest BCUT2D eigenvalue weighted by Gasteiger charge is 2.35. The number of amides is 2. The number of nitrogens with one attached hydrogen (secondary N) is 2. The Hall–Kier alpha value is -2.84. The summed E-state index contributed by atoms with van der Waals surface area (Å²) in [4.78, 5) is 24.7. The zero-order valence-electron chi connectivity index (χ0n) is 15.5. The SMILES string of the molecule is CS(=O)(=O)c1ccc(CNC(=O)C2=C(O)C(Cc3ccc(Cl)cc3)NC2=O)cc1. The van der Waals surface area contributed by atoms with Crippen LogP contribution >= 0.6 is 11.6 Å². The van der Waals surface area contributed by atoms with Crippen LogP contribution in [0.15, 0.2) is 64.8 Å². The molecular weight excluding hydrogens is 416 g/mol. The third-order valence-electron chi connectivity index (χ3n) is 4.50. The molecule has 2 aromatic carbocycles. The first kappa shape index (κ1) is 20.9. The summed E-state index contributed by atoms with van der Waals surface area (Å²) in [5, 5.41) is 16.1. The average molecular weight is 435 g/mol. The molecule has 7 nitrogen and oxygen atoms in total. The molecule has 3 rings (SSSR count). The number of aliphatic hydroxyl groups excluding tert-OH is 1. The van der Waals surface area contributed by atoms with Gasteiger partial charge in [-0.2, -0.15) is 0 Å². The Morgan fingerprint density at radius 2 is 1.69 bits per heavy atom. The fourth-order valence-electron chi connectivity index (χ4n) is 2.94. The minimum Gasteiger partial charge on any atom is -0.509 e. The van der Waals surface area contributed by atoms with Crippen molar-refractivity contribution in [3.8, 4) is 0 Å². The van der Waals surface area contributed by atoms with Crippen LogP contribution in [0.3, 0.4) is 0 Å². The summed E-state index contributed by atoms with van der Waals surface area (Å²) in [6.45, 7) is 0.0782. The van der Waals surface area contributed by atoms with E-state index in [1.165, 1.54) is 12.1 Å². The van der Waals surface area contributed by atoms with Crippen molar-refractivity contribution in [2.24, 2.45) is 0 Å². The van der Waals surface area contributed by atoms with Gasteiger partial charge in [0.05, 0.1) is 10.9 Å². The van der Waals surface area contributed by atoms with E-state index >= 15 is 0 Å². The standard InChI is InChI=1S/C20H19ClN2O5S/c1-29(27,28)15-8-4-13(5-9-15)11-22-19(25)17-18(24)16(23-20(17)26)10-12-2-6-14(21)7-3-12/h2-9,16,24H,10-11H2,1H3,(H,22,25)(H,23,26). The molecule has 0 radical (unpaired) electrons. The van der Waals surface area contributed by atoms with Crippen molar-refractivity contribution in [1.29, 1.82) is 0 Å². The Bertz CT molecular complexity index is 1080. The van der Waals surface area contributed by atoms with Crippen molar-refractivity contribution in [3.05, 3.63) is 76.0 Å². The van der Waals surface area contributed by atoms with E-state index in [2.05, 4.69) is 10.6 Å². The average Bonchev–Trinajstić information content (AvgIpc) is 2.94. The van der Waals surface area contributed by atoms with Crippen molar-refractivity contribution in [2.75, 3.05) is 6.26 Å². The van der Waals surface area contributed by atoms with Crippen molar-refractivity contribution in [2.45, 2.75) is 23.9 Å². The Morgan fingerprint density at radius 3 is 2.28 bits per heavy atom. The Kier molecular flexibility index (Phi) is 5.95. The minimum atomic E-state index is -3.30. The monoisotopic (exact) mass is 434 g/mol. The quantitative estimate of drug-likeness (QED) is 0.601. The number of carbonyl (C=O) groups excluding carboxylic acids is 2. The Morgan fingerprint density at radius 1 is 1.10 bits per heavy atom. The molecule has 1 atom stereocenters. The van der Waals surface area contributed by atoms with E-state index in [1.807, 2.05) is 0 Å². The van der Waals surface area contributed by atoms with E-state index < -0.39 is 27.7 Å². The number of halogens is 1. The summed E-state index contributed by atoms with van der Waals surface area (Å²) in [5.41, 5.74) is 1.18. The predicted octanol–water partition coefficient (Wildman–Crippen LogP) is 1.91. The van der Waals surface area contributed by atoms with Crippen LogP contribution in [-0.2, 0) is 32.4 Å². The van der Waals surface area contributed by atoms with E-state index in [0.717, 1.165) is 11.8 Å². The van der Waals surface area contributed by atoms with Crippen molar-refractivity contribution < 1.29 is 23.1 Å². The van der Waals surface area contributed by atoms with Crippen LogP contribution in [0.5, 0.6) is 0 Å². The number of hydrogen-bond donors (Lipinski definition) is 3. The van der Waals surface area contributed by atoms with Crippen LogP contribution in [-0.4, -0.2) is 37.6 Å². The molecular formula is C20H19ClN2O5S. The maximum Gasteiger partial charge on any atom is 0.261 e. The van der Waals surface area contributed by atoms with Gasteiger partial charge in [-0.05, 0) is 41.8 Å². The van der Waals surface area contributed by atoms with Gasteiger partial charge in [0.2, 0.25) is 0 Å². The van der Waals surface area contributed by atoms with E-state index in [1.54, 1.807) is 36.4 Å². The number of sulfone groups is 1. The van der Waals surface area contributed by atoms with Gasteiger partial charge in [0.25, 0.3) is 11.8 Å². The van der Waals surface area contributed by atoms with E-state index in [4.69, 9.17) is 11.6 Å². The first-order chi connectivity index (χ1) is 13.6. The zero-order chi connectivity index (χ0) is 21.2. The maximum atomic E-state index is 12.4. The molecule has 1 unspecified atom stereocenters. The van der Waals surface area contributed by atoms with Gasteiger partial charge in [-0.3, -0.25) is 9.59 Å². The molecule has 152 valence electrons. The van der Waals surface area contributed by atoms with Crippen molar-refractivity contribution >= 4 is 33.3 Å². The van der Waals surface area contributed by atoms with Crippen LogP contribution in [0.4, 0.5) is 0 Å². The van der Waals surface area contributed by atoms with E-state index in [-0.39, 0.29) is 22.8 Å². The molecule has 1 aliphatic heterocycles. The minimum absolute atomic E-state index is 0.0782. The molecule has 0 aromatic heterocycles. The third kappa shape index (κ3) is 4.96. The number of hydrogen-bond acceptors (Lipinski definition) is 5. The molecule has 1 aliphatic rings.